The van der Waals surface area contributed by atoms with Gasteiger partial charge in [0.15, 0.2) is 0 Å². The summed E-state index contributed by atoms with van der Waals surface area (Å²) in [5, 5.41) is 0. The fourth-order valence-electron chi connectivity index (χ4n) is 0.740. The molecule has 0 spiro atoms. The molecule has 1 N–H and O–H groups in total. The Kier molecular flexibility index (Phi) is 4.81. The molecule has 0 aromatic heterocycles. The Labute approximate surface area is 103 Å². The summed E-state index contributed by atoms with van der Waals surface area (Å²) in [6.45, 7) is 12.2. The van der Waals surface area contributed by atoms with Crippen LogP contribution < -0.4 is 0 Å². The topological polar surface area (TPSA) is 30.6 Å². The van der Waals surface area contributed by atoms with Gasteiger partial charge in [0.05, 0.1) is 0 Å². The van der Waals surface area contributed by atoms with Crippen LogP contribution in [0.1, 0.15) is 41.5 Å². The molecule has 0 heterocycles. The van der Waals surface area contributed by atoms with Crippen molar-refractivity contribution in [3.63, 3.8) is 0 Å². The molecule has 0 fully saturated rings. The average Bonchev–Trinajstić information content (AvgIpc) is 1.95. The standard InChI is InChI=1S/C11H20O2.Pb/c1-10(2,3)8(12)7-9(13)11(4,5)6;/h7,12H,1-6H3;/q;+1/b8-7-;. The number of carbonyl (C=O) groups excluding carboxylic acids is 1. The summed E-state index contributed by atoms with van der Waals surface area (Å²) in [6, 6.07) is 0. The van der Waals surface area contributed by atoms with Gasteiger partial charge in [-0.3, -0.25) is 0 Å². The van der Waals surface area contributed by atoms with E-state index in [9.17, 15) is 4.79 Å². The first-order chi connectivity index (χ1) is 6.09. The molecule has 79 valence electrons. The molecule has 0 aromatic carbocycles. The van der Waals surface area contributed by atoms with Crippen molar-refractivity contribution < 1.29 is 7.48 Å². The summed E-state index contributed by atoms with van der Waals surface area (Å²) >= 11 is 0.653. The molecule has 0 saturated heterocycles. The summed E-state index contributed by atoms with van der Waals surface area (Å²) in [4.78, 5) is 9.83. The third-order valence-electron chi connectivity index (χ3n) is 1.89. The number of hydrogen-bond donors (Lipinski definition) is 0. The Morgan fingerprint density at radius 1 is 1.07 bits per heavy atom. The zero-order chi connectivity index (χ0) is 11.6. The summed E-state index contributed by atoms with van der Waals surface area (Å²) < 4.78 is 5.40. The van der Waals surface area contributed by atoms with Crippen LogP contribution in [0, 0.1) is 10.8 Å². The minimum absolute atomic E-state index is 0.0407. The zero-order valence-corrected chi connectivity index (χ0v) is 13.8. The second-order valence-electron chi connectivity index (χ2n) is 5.50. The van der Waals surface area contributed by atoms with Gasteiger partial charge in [-0.05, 0) is 0 Å². The fourth-order valence-corrected chi connectivity index (χ4v) is 2.16. The number of hydrogen-bond acceptors (Lipinski definition) is 1. The summed E-state index contributed by atoms with van der Waals surface area (Å²) in [7, 11) is 0. The number of ketones is 1. The van der Waals surface area contributed by atoms with E-state index in [1.54, 1.807) is 6.08 Å². The van der Waals surface area contributed by atoms with Crippen LogP contribution in [0.25, 0.3) is 0 Å². The third-order valence-corrected chi connectivity index (χ3v) is 2.74. The molecule has 0 bridgehead atoms. The Morgan fingerprint density at radius 3 is 1.71 bits per heavy atom. The van der Waals surface area contributed by atoms with E-state index >= 15 is 0 Å². The SMILES string of the molecule is CC(C)(C)C(=[OH+])/C=C(\[O][Pb])C(C)(C)C. The van der Waals surface area contributed by atoms with Gasteiger partial charge in [0, 0.05) is 0 Å². The van der Waals surface area contributed by atoms with E-state index in [1.807, 2.05) is 20.8 Å². The van der Waals surface area contributed by atoms with Crippen LogP contribution in [0.2, 0.25) is 0 Å². The molecule has 0 aliphatic heterocycles. The van der Waals surface area contributed by atoms with Gasteiger partial charge in [-0.2, -0.15) is 0 Å². The van der Waals surface area contributed by atoms with Gasteiger partial charge < -0.3 is 0 Å². The Balaban J connectivity index is 4.89. The molecule has 0 amide bonds. The molecule has 0 aromatic rings. The normalized spacial score (nSPS) is 14.1. The first-order valence-electron chi connectivity index (χ1n) is 4.71. The average molecular weight is 391 g/mol. The first kappa shape index (κ1) is 14.1. The maximum absolute atomic E-state index is 9.83. The van der Waals surface area contributed by atoms with Crippen molar-refractivity contribution in [1.29, 1.82) is 0 Å². The van der Waals surface area contributed by atoms with E-state index in [4.69, 9.17) is 2.69 Å². The quantitative estimate of drug-likeness (QED) is 0.308. The molecule has 3 heteroatoms. The molecular weight excluding hydrogens is 371 g/mol. The van der Waals surface area contributed by atoms with E-state index < -0.39 is 0 Å². The van der Waals surface area contributed by atoms with Gasteiger partial charge >= 0.3 is 104 Å². The summed E-state index contributed by atoms with van der Waals surface area (Å²) in [5.74, 6) is 1.23. The molecule has 3 radical (unpaired) electrons. The molecule has 0 rings (SSSR count). The molecule has 2 nitrogen and oxygen atoms in total. The predicted octanol–water partition coefficient (Wildman–Crippen LogP) is 2.61. The second kappa shape index (κ2) is 4.77. The van der Waals surface area contributed by atoms with E-state index in [2.05, 4.69) is 20.8 Å². The molecule has 0 atom stereocenters. The van der Waals surface area contributed by atoms with Crippen LogP contribution in [0.5, 0.6) is 0 Å². The van der Waals surface area contributed by atoms with Crippen LogP contribution in [0.4, 0.5) is 0 Å². The molecule has 0 aliphatic rings. The van der Waals surface area contributed by atoms with Crippen LogP contribution in [-0.4, -0.2) is 36.8 Å². The van der Waals surface area contributed by atoms with Gasteiger partial charge in [0.25, 0.3) is 0 Å². The van der Waals surface area contributed by atoms with Gasteiger partial charge in [-0.15, -0.1) is 0 Å². The Morgan fingerprint density at radius 2 is 1.50 bits per heavy atom. The monoisotopic (exact) mass is 392 g/mol. The molecule has 0 saturated carbocycles. The van der Waals surface area contributed by atoms with Gasteiger partial charge in [0.1, 0.15) is 0 Å². The zero-order valence-electron chi connectivity index (χ0n) is 9.93. The van der Waals surface area contributed by atoms with Crippen molar-refractivity contribution >= 4 is 32.0 Å². The third kappa shape index (κ3) is 4.57. The van der Waals surface area contributed by atoms with E-state index in [-0.39, 0.29) is 10.8 Å². The maximum atomic E-state index is 9.83. The second-order valence-corrected chi connectivity index (χ2v) is 6.29. The van der Waals surface area contributed by atoms with E-state index in [1.165, 1.54) is 0 Å². The molecule has 0 aliphatic carbocycles. The van der Waals surface area contributed by atoms with E-state index in [0.717, 1.165) is 5.76 Å². The minimum atomic E-state index is -0.212. The van der Waals surface area contributed by atoms with Crippen molar-refractivity contribution in [2.75, 3.05) is 0 Å². The number of rotatable bonds is 2. The fraction of sp³-hybridized carbons (Fsp3) is 0.727. The number of allylic oxidation sites excluding steroid dienone is 2. The van der Waals surface area contributed by atoms with Gasteiger partial charge in [0.2, 0.25) is 0 Å². The first-order valence-corrected chi connectivity index (χ1v) is 6.30. The predicted molar refractivity (Wildman–Crippen MR) is 60.8 cm³/mol. The molecule has 14 heavy (non-hydrogen) atoms. The summed E-state index contributed by atoms with van der Waals surface area (Å²) in [5.41, 5.74) is -0.252. The van der Waals surface area contributed by atoms with Crippen molar-refractivity contribution in [3.05, 3.63) is 11.8 Å². The molecular formula is C11H20O2Pb+. The van der Waals surface area contributed by atoms with Gasteiger partial charge in [-0.25, -0.2) is 0 Å². The Bertz CT molecular complexity index is 241. The van der Waals surface area contributed by atoms with Crippen molar-refractivity contribution in [2.45, 2.75) is 41.5 Å². The van der Waals surface area contributed by atoms with Gasteiger partial charge in [-0.1, -0.05) is 0 Å². The van der Waals surface area contributed by atoms with Crippen molar-refractivity contribution in [1.82, 2.24) is 0 Å². The van der Waals surface area contributed by atoms with Crippen LogP contribution in [0.15, 0.2) is 11.8 Å². The molecule has 0 unspecified atom stereocenters. The van der Waals surface area contributed by atoms with Crippen LogP contribution >= 0.6 is 0 Å². The van der Waals surface area contributed by atoms with E-state index in [0.29, 0.717) is 32.0 Å². The van der Waals surface area contributed by atoms with Crippen molar-refractivity contribution in [2.24, 2.45) is 10.8 Å². The van der Waals surface area contributed by atoms with Crippen LogP contribution in [-0.2, 0) is 2.69 Å². The summed E-state index contributed by atoms with van der Waals surface area (Å²) in [6.07, 6.45) is 1.76. The van der Waals surface area contributed by atoms with Crippen molar-refractivity contribution in [3.8, 4) is 0 Å². The Hall–Kier alpha value is 0.132. The van der Waals surface area contributed by atoms with Crippen LogP contribution in [0.3, 0.4) is 0 Å².